The Morgan fingerprint density at radius 3 is 2.50 bits per heavy atom. The van der Waals surface area contributed by atoms with Crippen molar-refractivity contribution in [2.75, 3.05) is 37.6 Å². The van der Waals surface area contributed by atoms with E-state index in [2.05, 4.69) is 29.7 Å². The molecule has 0 N–H and O–H groups in total. The van der Waals surface area contributed by atoms with E-state index in [1.54, 1.807) is 0 Å². The number of benzene rings is 1. The average molecular weight is 249 g/mol. The van der Waals surface area contributed by atoms with Crippen molar-refractivity contribution in [2.24, 2.45) is 0 Å². The van der Waals surface area contributed by atoms with Gasteiger partial charge in [0.15, 0.2) is 0 Å². The highest BCUT2D eigenvalue weighted by atomic mass is 19.1. The lowest BCUT2D eigenvalue weighted by Crippen LogP contribution is -2.47. The third-order valence-electron chi connectivity index (χ3n) is 3.34. The van der Waals surface area contributed by atoms with E-state index < -0.39 is 0 Å². The average Bonchev–Trinajstić information content (AvgIpc) is 2.39. The van der Waals surface area contributed by atoms with E-state index in [9.17, 15) is 4.39 Å². The van der Waals surface area contributed by atoms with Gasteiger partial charge >= 0.3 is 0 Å². The molecule has 0 spiro atoms. The topological polar surface area (TPSA) is 6.48 Å². The van der Waals surface area contributed by atoms with Gasteiger partial charge in [0.1, 0.15) is 6.67 Å². The van der Waals surface area contributed by atoms with Gasteiger partial charge in [0.05, 0.1) is 0 Å². The van der Waals surface area contributed by atoms with Gasteiger partial charge in [-0.25, -0.2) is 4.39 Å². The summed E-state index contributed by atoms with van der Waals surface area (Å²) in [6, 6.07) is 7.83. The summed E-state index contributed by atoms with van der Waals surface area (Å²) in [5.74, 6) is 1.46. The summed E-state index contributed by atoms with van der Waals surface area (Å²) < 4.78 is 12.6. The lowest BCUT2D eigenvalue weighted by Gasteiger charge is -2.36. The molecule has 3 heteroatoms. The Balaban J connectivity index is 1.92. The second-order valence-corrected chi connectivity index (χ2v) is 5.27. The van der Waals surface area contributed by atoms with E-state index in [1.165, 1.54) is 5.92 Å². The Morgan fingerprint density at radius 2 is 1.89 bits per heavy atom. The summed E-state index contributed by atoms with van der Waals surface area (Å²) in [7, 11) is 0. The fourth-order valence-corrected chi connectivity index (χ4v) is 2.45. The minimum Gasteiger partial charge on any atom is -0.369 e. The molecule has 0 unspecified atom stereocenters. The third-order valence-corrected chi connectivity index (χ3v) is 3.34. The summed E-state index contributed by atoms with van der Waals surface area (Å²) in [6.07, 6.45) is 0. The zero-order valence-electron chi connectivity index (χ0n) is 11.3. The van der Waals surface area contributed by atoms with E-state index in [-0.39, 0.29) is 6.67 Å². The van der Waals surface area contributed by atoms with Crippen LogP contribution in [0, 0.1) is 5.92 Å². The molecule has 0 saturated carbocycles. The molecule has 1 aliphatic rings. The maximum atomic E-state index is 12.6. The van der Waals surface area contributed by atoms with Crippen molar-refractivity contribution in [3.05, 3.63) is 35.7 Å². The molecule has 2 nitrogen and oxygen atoms in total. The van der Waals surface area contributed by atoms with Crippen LogP contribution in [0.1, 0.15) is 19.4 Å². The van der Waals surface area contributed by atoms with Gasteiger partial charge in [-0.1, -0.05) is 26.0 Å². The highest BCUT2D eigenvalue weighted by Gasteiger charge is 2.17. The number of alkyl halides is 1. The molecule has 1 radical (unpaired) electrons. The zero-order chi connectivity index (χ0) is 13.0. The second kappa shape index (κ2) is 6.19. The van der Waals surface area contributed by atoms with Crippen LogP contribution in [0.25, 0.3) is 0 Å². The fraction of sp³-hybridized carbons (Fsp3) is 0.533. The minimum absolute atomic E-state index is 0.377. The van der Waals surface area contributed by atoms with Crippen molar-refractivity contribution < 1.29 is 4.39 Å². The van der Waals surface area contributed by atoms with Gasteiger partial charge in [0.25, 0.3) is 0 Å². The molecule has 18 heavy (non-hydrogen) atoms. The molecule has 0 atom stereocenters. The number of anilines is 1. The molecule has 0 aromatic heterocycles. The van der Waals surface area contributed by atoms with Crippen LogP contribution in [-0.4, -0.2) is 37.6 Å². The number of piperazine rings is 1. The van der Waals surface area contributed by atoms with E-state index in [4.69, 9.17) is 0 Å². The SMILES string of the molecule is C[C](C)CN1CCN(c2cccc(CF)c2)CC1. The maximum absolute atomic E-state index is 12.6. The van der Waals surface area contributed by atoms with Crippen molar-refractivity contribution in [1.82, 2.24) is 4.90 Å². The fourth-order valence-electron chi connectivity index (χ4n) is 2.45. The second-order valence-electron chi connectivity index (χ2n) is 5.27. The Kier molecular flexibility index (Phi) is 4.59. The van der Waals surface area contributed by atoms with Gasteiger partial charge in [-0.2, -0.15) is 0 Å². The van der Waals surface area contributed by atoms with Gasteiger partial charge < -0.3 is 4.90 Å². The van der Waals surface area contributed by atoms with Crippen molar-refractivity contribution in [3.8, 4) is 0 Å². The van der Waals surface area contributed by atoms with Crippen LogP contribution in [-0.2, 0) is 6.67 Å². The molecule has 1 aromatic rings. The van der Waals surface area contributed by atoms with Crippen LogP contribution >= 0.6 is 0 Å². The number of hydrogen-bond donors (Lipinski definition) is 0. The molecule has 1 heterocycles. The summed E-state index contributed by atoms with van der Waals surface area (Å²) in [5, 5.41) is 0. The predicted octanol–water partition coefficient (Wildman–Crippen LogP) is 2.89. The number of rotatable bonds is 4. The standard InChI is InChI=1S/C15H22FN2/c1-13(2)12-17-6-8-18(9-7-17)15-5-3-4-14(10-15)11-16/h3-5,10H,6-9,11-12H2,1-2H3. The van der Waals surface area contributed by atoms with Crippen molar-refractivity contribution in [2.45, 2.75) is 20.5 Å². The molecular formula is C15H22FN2. The number of nitrogens with zero attached hydrogens (tertiary/aromatic N) is 2. The lowest BCUT2D eigenvalue weighted by atomic mass is 10.1. The first-order valence-corrected chi connectivity index (χ1v) is 6.60. The molecular weight excluding hydrogens is 227 g/mol. The lowest BCUT2D eigenvalue weighted by molar-refractivity contribution is 0.267. The van der Waals surface area contributed by atoms with E-state index in [0.29, 0.717) is 0 Å². The van der Waals surface area contributed by atoms with Gasteiger partial charge in [-0.15, -0.1) is 0 Å². The van der Waals surface area contributed by atoms with Crippen LogP contribution in [0.2, 0.25) is 0 Å². The maximum Gasteiger partial charge on any atom is 0.115 e. The van der Waals surface area contributed by atoms with Crippen LogP contribution in [0.4, 0.5) is 10.1 Å². The van der Waals surface area contributed by atoms with Gasteiger partial charge in [-0.05, 0) is 23.6 Å². The van der Waals surface area contributed by atoms with Gasteiger partial charge in [0, 0.05) is 38.4 Å². The quantitative estimate of drug-likeness (QED) is 0.809. The van der Waals surface area contributed by atoms with E-state index in [1.807, 2.05) is 18.2 Å². The van der Waals surface area contributed by atoms with Crippen LogP contribution in [0.3, 0.4) is 0 Å². The minimum atomic E-state index is -0.377. The summed E-state index contributed by atoms with van der Waals surface area (Å²) in [6.45, 7) is 9.31. The van der Waals surface area contributed by atoms with Gasteiger partial charge in [-0.3, -0.25) is 4.90 Å². The summed E-state index contributed by atoms with van der Waals surface area (Å²) in [5.41, 5.74) is 1.93. The summed E-state index contributed by atoms with van der Waals surface area (Å²) in [4.78, 5) is 4.82. The molecule has 1 saturated heterocycles. The largest absolute Gasteiger partial charge is 0.369 e. The Labute approximate surface area is 109 Å². The van der Waals surface area contributed by atoms with Gasteiger partial charge in [0.2, 0.25) is 0 Å². The smallest absolute Gasteiger partial charge is 0.115 e. The molecule has 1 aliphatic heterocycles. The molecule has 0 amide bonds. The van der Waals surface area contributed by atoms with Crippen molar-refractivity contribution in [3.63, 3.8) is 0 Å². The van der Waals surface area contributed by atoms with Crippen LogP contribution in [0.15, 0.2) is 24.3 Å². The normalized spacial score (nSPS) is 17.4. The Hall–Kier alpha value is -1.09. The van der Waals surface area contributed by atoms with Crippen molar-refractivity contribution in [1.29, 1.82) is 0 Å². The molecule has 0 aliphatic carbocycles. The highest BCUT2D eigenvalue weighted by Crippen LogP contribution is 2.19. The Bertz CT molecular complexity index is 371. The Morgan fingerprint density at radius 1 is 1.17 bits per heavy atom. The first-order valence-electron chi connectivity index (χ1n) is 6.60. The van der Waals surface area contributed by atoms with Crippen LogP contribution < -0.4 is 4.90 Å². The predicted molar refractivity (Wildman–Crippen MR) is 74.5 cm³/mol. The molecule has 1 fully saturated rings. The highest BCUT2D eigenvalue weighted by molar-refractivity contribution is 5.49. The van der Waals surface area contributed by atoms with E-state index in [0.717, 1.165) is 44.0 Å². The zero-order valence-corrected chi connectivity index (χ0v) is 11.3. The third kappa shape index (κ3) is 3.45. The molecule has 99 valence electrons. The monoisotopic (exact) mass is 249 g/mol. The summed E-state index contributed by atoms with van der Waals surface area (Å²) >= 11 is 0. The number of hydrogen-bond acceptors (Lipinski definition) is 2. The molecule has 2 rings (SSSR count). The van der Waals surface area contributed by atoms with E-state index >= 15 is 0 Å². The first-order chi connectivity index (χ1) is 8.69. The first kappa shape index (κ1) is 13.3. The van der Waals surface area contributed by atoms with Crippen molar-refractivity contribution >= 4 is 5.69 Å². The van der Waals surface area contributed by atoms with Crippen LogP contribution in [0.5, 0.6) is 0 Å². The molecule has 0 bridgehead atoms. The number of halogens is 1. The molecule has 1 aromatic carbocycles.